The quantitative estimate of drug-likeness (QED) is 0.0171. The van der Waals surface area contributed by atoms with E-state index in [-0.39, 0.29) is 18.9 Å². The molecule has 49 heavy (non-hydrogen) atoms. The molecule has 260 valence electrons. The van der Waals surface area contributed by atoms with Crippen LogP contribution in [0.5, 0.6) is 0 Å². The van der Waals surface area contributed by atoms with E-state index >= 15 is 0 Å². The van der Waals surface area contributed by atoms with Crippen molar-refractivity contribution < 1.29 is 38.2 Å². The Morgan fingerprint density at radius 1 is 0.776 bits per heavy atom. The van der Waals surface area contributed by atoms with Gasteiger partial charge in [0.15, 0.2) is 0 Å². The van der Waals surface area contributed by atoms with Crippen LogP contribution in [0.4, 0.5) is 11.4 Å². The van der Waals surface area contributed by atoms with Crippen LogP contribution in [-0.2, 0) is 35.1 Å². The minimum Gasteiger partial charge on any atom is -0.481 e. The van der Waals surface area contributed by atoms with Crippen molar-refractivity contribution in [2.24, 2.45) is 5.11 Å². The van der Waals surface area contributed by atoms with Crippen molar-refractivity contribution in [1.29, 1.82) is 0 Å². The van der Waals surface area contributed by atoms with Crippen molar-refractivity contribution >= 4 is 44.9 Å². The second-order valence-corrected chi connectivity index (χ2v) is 11.3. The van der Waals surface area contributed by atoms with Gasteiger partial charge >= 0.3 is 5.97 Å². The summed E-state index contributed by atoms with van der Waals surface area (Å²) in [5, 5.41) is 18.5. The number of aryl methyl sites for hydroxylation is 1. The number of carboxylic acids is 1. The minimum absolute atomic E-state index is 0.00722. The molecular weight excluding hydrogens is 628 g/mol. The van der Waals surface area contributed by atoms with Crippen LogP contribution in [0.1, 0.15) is 32.1 Å². The Morgan fingerprint density at radius 3 is 2.14 bits per heavy atom. The van der Waals surface area contributed by atoms with E-state index in [4.69, 9.17) is 35.3 Å². The monoisotopic (exact) mass is 673 g/mol. The number of ether oxygens (including phenoxy) is 4. The van der Waals surface area contributed by atoms with Gasteiger partial charge in [0.25, 0.3) is 0 Å². The summed E-state index contributed by atoms with van der Waals surface area (Å²) in [7, 11) is 0. The average molecular weight is 674 g/mol. The smallest absolute Gasteiger partial charge is 0.305 e. The first-order valence-corrected chi connectivity index (χ1v) is 16.6. The van der Waals surface area contributed by atoms with E-state index in [1.807, 2.05) is 54.6 Å². The van der Waals surface area contributed by atoms with Gasteiger partial charge in [-0.05, 0) is 48.7 Å². The third-order valence-corrected chi connectivity index (χ3v) is 7.77. The molecule has 3 aromatic carbocycles. The molecule has 4 aromatic rings. The Labute approximate surface area is 285 Å². The van der Waals surface area contributed by atoms with Crippen molar-refractivity contribution in [3.8, 4) is 11.3 Å². The lowest BCUT2D eigenvalue weighted by Crippen LogP contribution is -2.37. The molecule has 0 bridgehead atoms. The molecule has 0 aliphatic heterocycles. The molecule has 1 heterocycles. The standard InChI is InChI=1S/C36H44N6O7/c37-28-10-12-30-31-13-11-29(40-41-38)26-33(31)42(36(32(30)25-28)27-7-3-1-4-8-27)16-6-2-5-9-34(43)39-15-18-47-20-22-49-24-23-48-21-19-46-17-14-35(44)45/h1,3-4,7-8,10-13,25-26H,2,5-6,9,14-24,37H2,(H-,39,43,44,45)/p+1. The summed E-state index contributed by atoms with van der Waals surface area (Å²) in [5.74, 6) is -0.893. The second kappa shape index (κ2) is 20.6. The lowest BCUT2D eigenvalue weighted by Gasteiger charge is -2.13. The number of rotatable bonds is 23. The maximum absolute atomic E-state index is 12.4. The number of hydrogen-bond donors (Lipinski definition) is 3. The summed E-state index contributed by atoms with van der Waals surface area (Å²) in [5.41, 5.74) is 19.7. The van der Waals surface area contributed by atoms with Gasteiger partial charge in [-0.3, -0.25) is 9.59 Å². The van der Waals surface area contributed by atoms with Crippen LogP contribution in [-0.4, -0.2) is 76.4 Å². The van der Waals surface area contributed by atoms with Gasteiger partial charge in [-0.1, -0.05) is 35.4 Å². The Bertz CT molecular complexity index is 1710. The van der Waals surface area contributed by atoms with Gasteiger partial charge in [0.2, 0.25) is 17.1 Å². The molecule has 0 aliphatic carbocycles. The molecule has 0 fully saturated rings. The molecule has 0 aliphatic rings. The molecule has 0 unspecified atom stereocenters. The fourth-order valence-electron chi connectivity index (χ4n) is 5.49. The zero-order valence-corrected chi connectivity index (χ0v) is 27.7. The van der Waals surface area contributed by atoms with E-state index in [1.54, 1.807) is 0 Å². The third-order valence-electron chi connectivity index (χ3n) is 7.77. The van der Waals surface area contributed by atoms with Gasteiger partial charge in [-0.25, -0.2) is 0 Å². The van der Waals surface area contributed by atoms with Gasteiger partial charge in [0, 0.05) is 52.7 Å². The van der Waals surface area contributed by atoms with E-state index in [0.29, 0.717) is 77.1 Å². The van der Waals surface area contributed by atoms with Crippen molar-refractivity contribution in [3.05, 3.63) is 77.2 Å². The van der Waals surface area contributed by atoms with E-state index in [1.165, 1.54) is 0 Å². The molecule has 4 rings (SSSR count). The van der Waals surface area contributed by atoms with Crippen molar-refractivity contribution in [2.75, 3.05) is 65.1 Å². The molecule has 0 saturated heterocycles. The summed E-state index contributed by atoms with van der Waals surface area (Å²) < 4.78 is 23.7. The Kier molecular flexibility index (Phi) is 15.5. The Morgan fingerprint density at radius 2 is 1.45 bits per heavy atom. The normalized spacial score (nSPS) is 11.1. The highest BCUT2D eigenvalue weighted by Gasteiger charge is 2.23. The third kappa shape index (κ3) is 12.0. The lowest BCUT2D eigenvalue weighted by molar-refractivity contribution is -0.659. The molecule has 1 amide bonds. The van der Waals surface area contributed by atoms with Gasteiger partial charge in [0.05, 0.1) is 70.0 Å². The number of nitrogen functional groups attached to an aromatic ring is 1. The summed E-state index contributed by atoms with van der Waals surface area (Å²) in [6, 6.07) is 21.9. The number of aliphatic carboxylic acids is 1. The van der Waals surface area contributed by atoms with Crippen molar-refractivity contribution in [2.45, 2.75) is 38.6 Å². The SMILES string of the molecule is [N-]=[N+]=Nc1ccc2c3ccc(N)cc3c(-c3ccccc3)[n+](CCCCCC(=O)NCCOCCOCCOCCOCCC(=O)O)c2c1. The number of fused-ring (bicyclic) bond motifs is 3. The van der Waals surface area contributed by atoms with Gasteiger partial charge in [-0.2, -0.15) is 4.57 Å². The number of carbonyl (C=O) groups is 2. The fourth-order valence-corrected chi connectivity index (χ4v) is 5.49. The predicted octanol–water partition coefficient (Wildman–Crippen LogP) is 5.69. The van der Waals surface area contributed by atoms with Gasteiger partial charge in [-0.15, -0.1) is 0 Å². The molecule has 0 atom stereocenters. The van der Waals surface area contributed by atoms with Gasteiger partial charge < -0.3 is 35.1 Å². The van der Waals surface area contributed by atoms with Crippen LogP contribution in [0.15, 0.2) is 71.8 Å². The van der Waals surface area contributed by atoms with Crippen LogP contribution in [0.25, 0.3) is 43.4 Å². The summed E-state index contributed by atoms with van der Waals surface area (Å²) in [6.45, 7) is 4.10. The predicted molar refractivity (Wildman–Crippen MR) is 187 cm³/mol. The lowest BCUT2D eigenvalue weighted by atomic mass is 9.98. The summed E-state index contributed by atoms with van der Waals surface area (Å²) in [4.78, 5) is 25.8. The van der Waals surface area contributed by atoms with Crippen molar-refractivity contribution in [3.63, 3.8) is 0 Å². The number of benzene rings is 3. The fraction of sp³-hybridized carbons (Fsp3) is 0.417. The Hall–Kier alpha value is -4.78. The van der Waals surface area contributed by atoms with Crippen molar-refractivity contribution in [1.82, 2.24) is 5.32 Å². The molecule has 13 nitrogen and oxygen atoms in total. The first kappa shape index (κ1) is 37.0. The number of nitrogens with zero attached hydrogens (tertiary/aromatic N) is 4. The number of amides is 1. The highest BCUT2D eigenvalue weighted by atomic mass is 16.6. The number of unbranched alkanes of at least 4 members (excludes halogenated alkanes) is 2. The topological polar surface area (TPSA) is 182 Å². The number of aromatic nitrogens is 1. The second-order valence-electron chi connectivity index (χ2n) is 11.3. The summed E-state index contributed by atoms with van der Waals surface area (Å²) in [6.07, 6.45) is 2.87. The van der Waals surface area contributed by atoms with E-state index in [2.05, 4.69) is 32.0 Å². The van der Waals surface area contributed by atoms with Crippen LogP contribution in [0.3, 0.4) is 0 Å². The highest BCUT2D eigenvalue weighted by Crippen LogP contribution is 2.34. The number of anilines is 1. The van der Waals surface area contributed by atoms with Crippen LogP contribution < -0.4 is 15.6 Å². The highest BCUT2D eigenvalue weighted by molar-refractivity contribution is 6.10. The zero-order chi connectivity index (χ0) is 34.7. The molecule has 1 aromatic heterocycles. The molecule has 0 radical (unpaired) electrons. The number of azide groups is 1. The number of nitrogens with one attached hydrogen (secondary N) is 1. The first-order valence-electron chi connectivity index (χ1n) is 16.6. The molecule has 0 spiro atoms. The molecule has 13 heteroatoms. The van der Waals surface area contributed by atoms with E-state index < -0.39 is 5.97 Å². The maximum Gasteiger partial charge on any atom is 0.305 e. The van der Waals surface area contributed by atoms with Crippen LogP contribution in [0.2, 0.25) is 0 Å². The number of hydrogen-bond acceptors (Lipinski definition) is 8. The number of carbonyl (C=O) groups excluding carboxylic acids is 1. The maximum atomic E-state index is 12.4. The summed E-state index contributed by atoms with van der Waals surface area (Å²) >= 11 is 0. The number of carboxylic acid groups (broad SMARTS) is 1. The number of pyridine rings is 1. The minimum atomic E-state index is -0.886. The zero-order valence-electron chi connectivity index (χ0n) is 27.7. The van der Waals surface area contributed by atoms with E-state index in [0.717, 1.165) is 52.2 Å². The molecule has 4 N–H and O–H groups in total. The molecular formula is C36H45N6O7+. The number of nitrogens with two attached hydrogens (primary N) is 1. The first-order chi connectivity index (χ1) is 24.0. The average Bonchev–Trinajstić information content (AvgIpc) is 3.10. The molecule has 0 saturated carbocycles. The van der Waals surface area contributed by atoms with Crippen LogP contribution >= 0.6 is 0 Å². The largest absolute Gasteiger partial charge is 0.481 e. The van der Waals surface area contributed by atoms with Gasteiger partial charge in [0.1, 0.15) is 6.54 Å². The van der Waals surface area contributed by atoms with E-state index in [9.17, 15) is 9.59 Å². The Balaban J connectivity index is 1.19. The van der Waals surface area contributed by atoms with Crippen LogP contribution in [0, 0.1) is 0 Å².